The summed E-state index contributed by atoms with van der Waals surface area (Å²) in [6.07, 6.45) is 5.11. The molecule has 1 aliphatic carbocycles. The second kappa shape index (κ2) is 8.10. The molecule has 0 bridgehead atoms. The van der Waals surface area contributed by atoms with Crippen molar-refractivity contribution in [2.75, 3.05) is 18.1 Å². The lowest BCUT2D eigenvalue weighted by atomic mass is 9.97. The SMILES string of the molecule is O=C(COC(=O)c1c2c(nc3ccccc13)CCCCC2)N[C@H]1CCS(=O)(=O)C1. The second-order valence-corrected chi connectivity index (χ2v) is 9.96. The number of para-hydroxylation sites is 1. The van der Waals surface area contributed by atoms with E-state index in [-0.39, 0.29) is 11.5 Å². The molecule has 1 aromatic carbocycles. The van der Waals surface area contributed by atoms with Gasteiger partial charge in [-0.25, -0.2) is 13.2 Å². The number of pyridine rings is 1. The van der Waals surface area contributed by atoms with E-state index in [0.717, 1.165) is 54.3 Å². The molecule has 0 radical (unpaired) electrons. The molecule has 7 nitrogen and oxygen atoms in total. The average molecular weight is 416 g/mol. The van der Waals surface area contributed by atoms with Crippen molar-refractivity contribution < 1.29 is 22.7 Å². The highest BCUT2D eigenvalue weighted by atomic mass is 32.2. The molecule has 1 atom stereocenters. The zero-order valence-electron chi connectivity index (χ0n) is 16.1. The van der Waals surface area contributed by atoms with Gasteiger partial charge in [-0.2, -0.15) is 0 Å². The highest BCUT2D eigenvalue weighted by molar-refractivity contribution is 7.91. The molecule has 4 rings (SSSR count). The minimum atomic E-state index is -3.08. The standard InChI is InChI=1S/C21H24N2O5S/c24-19(22-14-10-11-29(26,27)13-14)12-28-21(25)20-15-6-2-1-3-8-17(15)23-18-9-5-4-7-16(18)20/h4-5,7,9,14H,1-3,6,8,10-13H2,(H,22,24)/t14-/m0/s1. The van der Waals surface area contributed by atoms with E-state index in [2.05, 4.69) is 5.32 Å². The number of aromatic nitrogens is 1. The Bertz CT molecular complexity index is 1060. The molecule has 8 heteroatoms. The number of aryl methyl sites for hydroxylation is 1. The van der Waals surface area contributed by atoms with Crippen molar-refractivity contribution in [3.05, 3.63) is 41.1 Å². The number of carbonyl (C=O) groups is 2. The van der Waals surface area contributed by atoms with Gasteiger partial charge in [-0.05, 0) is 43.7 Å². The van der Waals surface area contributed by atoms with Crippen LogP contribution in [-0.2, 0) is 32.2 Å². The van der Waals surface area contributed by atoms with Gasteiger partial charge < -0.3 is 10.1 Å². The van der Waals surface area contributed by atoms with E-state index in [1.54, 1.807) is 0 Å². The summed E-state index contributed by atoms with van der Waals surface area (Å²) in [6.45, 7) is -0.430. The molecule has 0 spiro atoms. The smallest absolute Gasteiger partial charge is 0.339 e. The van der Waals surface area contributed by atoms with Crippen molar-refractivity contribution in [1.82, 2.24) is 10.3 Å². The number of nitrogens with one attached hydrogen (secondary N) is 1. The number of hydrogen-bond donors (Lipinski definition) is 1. The number of sulfone groups is 1. The number of hydrogen-bond acceptors (Lipinski definition) is 6. The Balaban J connectivity index is 1.52. The summed E-state index contributed by atoms with van der Waals surface area (Å²) in [5, 5.41) is 3.38. The molecule has 1 N–H and O–H groups in total. The monoisotopic (exact) mass is 416 g/mol. The van der Waals surface area contributed by atoms with Crippen molar-refractivity contribution in [1.29, 1.82) is 0 Å². The van der Waals surface area contributed by atoms with Crippen LogP contribution in [0.15, 0.2) is 24.3 Å². The van der Waals surface area contributed by atoms with Crippen molar-refractivity contribution in [3.8, 4) is 0 Å². The van der Waals surface area contributed by atoms with E-state index in [1.165, 1.54) is 0 Å². The largest absolute Gasteiger partial charge is 0.452 e. The third-order valence-corrected chi connectivity index (χ3v) is 7.32. The van der Waals surface area contributed by atoms with Gasteiger partial charge in [-0.3, -0.25) is 9.78 Å². The van der Waals surface area contributed by atoms with Gasteiger partial charge in [-0.15, -0.1) is 0 Å². The van der Waals surface area contributed by atoms with Crippen LogP contribution in [0.4, 0.5) is 0 Å². The molecule has 2 aliphatic rings. The van der Waals surface area contributed by atoms with Crippen molar-refractivity contribution in [2.45, 2.75) is 44.6 Å². The Morgan fingerprint density at radius 1 is 1.14 bits per heavy atom. The highest BCUT2D eigenvalue weighted by Crippen LogP contribution is 2.29. The molecule has 2 heterocycles. The lowest BCUT2D eigenvalue weighted by Gasteiger charge is -2.15. The summed E-state index contributed by atoms with van der Waals surface area (Å²) in [5.41, 5.74) is 3.12. The predicted molar refractivity (Wildman–Crippen MR) is 108 cm³/mol. The van der Waals surface area contributed by atoms with E-state index in [9.17, 15) is 18.0 Å². The molecular weight excluding hydrogens is 392 g/mol. The number of rotatable bonds is 4. The number of amides is 1. The number of benzene rings is 1. The van der Waals surface area contributed by atoms with Crippen LogP contribution in [0.1, 0.15) is 47.3 Å². The molecular formula is C21H24N2O5S. The summed E-state index contributed by atoms with van der Waals surface area (Å²) >= 11 is 0. The molecule has 1 amide bonds. The zero-order chi connectivity index (χ0) is 20.4. The lowest BCUT2D eigenvalue weighted by molar-refractivity contribution is -0.124. The summed E-state index contributed by atoms with van der Waals surface area (Å²) in [4.78, 5) is 29.9. The van der Waals surface area contributed by atoms with E-state index in [1.807, 2.05) is 24.3 Å². The lowest BCUT2D eigenvalue weighted by Crippen LogP contribution is -2.38. The first-order chi connectivity index (χ1) is 13.9. The first kappa shape index (κ1) is 19.8. The van der Waals surface area contributed by atoms with E-state index in [0.29, 0.717) is 12.0 Å². The maximum absolute atomic E-state index is 13.0. The highest BCUT2D eigenvalue weighted by Gasteiger charge is 2.29. The van der Waals surface area contributed by atoms with E-state index in [4.69, 9.17) is 9.72 Å². The molecule has 1 fully saturated rings. The average Bonchev–Trinajstić information content (AvgIpc) is 2.88. The van der Waals surface area contributed by atoms with Crippen LogP contribution in [0.5, 0.6) is 0 Å². The van der Waals surface area contributed by atoms with Gasteiger partial charge in [0.25, 0.3) is 5.91 Å². The first-order valence-electron chi connectivity index (χ1n) is 10.0. The summed E-state index contributed by atoms with van der Waals surface area (Å²) in [6, 6.07) is 7.07. The molecule has 2 aromatic rings. The van der Waals surface area contributed by atoms with Crippen LogP contribution in [0.25, 0.3) is 10.9 Å². The molecule has 154 valence electrons. The Morgan fingerprint density at radius 2 is 1.93 bits per heavy atom. The fraction of sp³-hybridized carbons (Fsp3) is 0.476. The number of nitrogens with zero attached hydrogens (tertiary/aromatic N) is 1. The molecule has 29 heavy (non-hydrogen) atoms. The molecule has 0 saturated carbocycles. The molecule has 0 unspecified atom stereocenters. The summed E-state index contributed by atoms with van der Waals surface area (Å²) < 4.78 is 28.4. The van der Waals surface area contributed by atoms with Crippen LogP contribution >= 0.6 is 0 Å². The summed E-state index contributed by atoms with van der Waals surface area (Å²) in [7, 11) is -3.08. The van der Waals surface area contributed by atoms with Crippen LogP contribution in [-0.4, -0.2) is 49.4 Å². The van der Waals surface area contributed by atoms with Crippen LogP contribution < -0.4 is 5.32 Å². The Morgan fingerprint density at radius 3 is 2.72 bits per heavy atom. The number of fused-ring (bicyclic) bond motifs is 2. The Labute approximate surface area is 169 Å². The quantitative estimate of drug-likeness (QED) is 0.604. The molecule has 1 aliphatic heterocycles. The third-order valence-electron chi connectivity index (χ3n) is 5.56. The Hall–Kier alpha value is -2.48. The van der Waals surface area contributed by atoms with Crippen molar-refractivity contribution in [2.24, 2.45) is 0 Å². The van der Waals surface area contributed by atoms with Gasteiger partial charge in [0.05, 0.1) is 22.6 Å². The minimum absolute atomic E-state index is 0.0603. The number of carbonyl (C=O) groups excluding carboxylic acids is 2. The number of esters is 1. The maximum atomic E-state index is 13.0. The predicted octanol–water partition coefficient (Wildman–Crippen LogP) is 1.96. The fourth-order valence-corrected chi connectivity index (χ4v) is 5.84. The minimum Gasteiger partial charge on any atom is -0.452 e. The van der Waals surface area contributed by atoms with Crippen LogP contribution in [0.2, 0.25) is 0 Å². The second-order valence-electron chi connectivity index (χ2n) is 7.73. The van der Waals surface area contributed by atoms with Crippen molar-refractivity contribution >= 4 is 32.6 Å². The topological polar surface area (TPSA) is 102 Å². The molecule has 1 saturated heterocycles. The summed E-state index contributed by atoms with van der Waals surface area (Å²) in [5.74, 6) is -0.997. The van der Waals surface area contributed by atoms with E-state index >= 15 is 0 Å². The van der Waals surface area contributed by atoms with Gasteiger partial charge in [0.15, 0.2) is 16.4 Å². The maximum Gasteiger partial charge on any atom is 0.339 e. The van der Waals surface area contributed by atoms with Gasteiger partial charge in [0, 0.05) is 17.1 Å². The Kier molecular flexibility index (Phi) is 5.54. The number of ether oxygens (including phenoxy) is 1. The zero-order valence-corrected chi connectivity index (χ0v) is 17.0. The van der Waals surface area contributed by atoms with Crippen molar-refractivity contribution in [3.63, 3.8) is 0 Å². The van der Waals surface area contributed by atoms with Crippen LogP contribution in [0.3, 0.4) is 0 Å². The normalized spacial score (nSPS) is 20.6. The molecule has 1 aromatic heterocycles. The van der Waals surface area contributed by atoms with Gasteiger partial charge in [-0.1, -0.05) is 24.6 Å². The van der Waals surface area contributed by atoms with Gasteiger partial charge >= 0.3 is 5.97 Å². The first-order valence-corrected chi connectivity index (χ1v) is 11.8. The fourth-order valence-electron chi connectivity index (χ4n) is 4.16. The van der Waals surface area contributed by atoms with Crippen LogP contribution in [0, 0.1) is 0 Å². The third kappa shape index (κ3) is 4.42. The van der Waals surface area contributed by atoms with E-state index < -0.39 is 34.4 Å². The van der Waals surface area contributed by atoms with Gasteiger partial charge in [0.2, 0.25) is 0 Å². The van der Waals surface area contributed by atoms with Gasteiger partial charge in [0.1, 0.15) is 0 Å².